The minimum Gasteiger partial charge on any atom is -0.497 e. The Morgan fingerprint density at radius 2 is 1.81 bits per heavy atom. The van der Waals surface area contributed by atoms with E-state index in [0.717, 1.165) is 34.6 Å². The summed E-state index contributed by atoms with van der Waals surface area (Å²) in [5.41, 5.74) is 5.13. The summed E-state index contributed by atoms with van der Waals surface area (Å²) < 4.78 is 13.3. The summed E-state index contributed by atoms with van der Waals surface area (Å²) in [5, 5.41) is 6.98. The van der Waals surface area contributed by atoms with E-state index in [9.17, 15) is 4.79 Å². The van der Waals surface area contributed by atoms with Gasteiger partial charge in [-0.25, -0.2) is 4.98 Å². The van der Waals surface area contributed by atoms with Gasteiger partial charge in [-0.2, -0.15) is 9.97 Å². The first-order valence-electron chi connectivity index (χ1n) is 14.4. The first-order valence-corrected chi connectivity index (χ1v) is 14.8. The van der Waals surface area contributed by atoms with Crippen LogP contribution in [0.15, 0.2) is 79.1 Å². The van der Waals surface area contributed by atoms with Gasteiger partial charge in [-0.3, -0.25) is 4.79 Å². The van der Waals surface area contributed by atoms with Gasteiger partial charge in [0.15, 0.2) is 0 Å². The quantitative estimate of drug-likeness (QED) is 0.178. The SMILES string of the molecule is COc1ccc(COc2nc(NCc3cn4cc(C5CC5)ccc4n3)cc(NC(=O)[C@H]3C[C@@H]3c3cccc(Cl)c3)n2)cc1. The van der Waals surface area contributed by atoms with Gasteiger partial charge in [-0.05, 0) is 78.1 Å². The van der Waals surface area contributed by atoms with E-state index in [-0.39, 0.29) is 30.4 Å². The van der Waals surface area contributed by atoms with Crippen LogP contribution in [-0.2, 0) is 17.9 Å². The highest BCUT2D eigenvalue weighted by molar-refractivity contribution is 6.30. The Labute approximate surface area is 254 Å². The second-order valence-corrected chi connectivity index (χ2v) is 11.6. The molecular formula is C33H31ClN6O3. The van der Waals surface area contributed by atoms with E-state index in [0.29, 0.717) is 29.1 Å². The monoisotopic (exact) mass is 594 g/mol. The van der Waals surface area contributed by atoms with Crippen molar-refractivity contribution in [3.63, 3.8) is 0 Å². The third-order valence-electron chi connectivity index (χ3n) is 7.91. The lowest BCUT2D eigenvalue weighted by Crippen LogP contribution is -2.16. The predicted molar refractivity (Wildman–Crippen MR) is 165 cm³/mol. The number of imidazole rings is 1. The lowest BCUT2D eigenvalue weighted by Gasteiger charge is -2.11. The fourth-order valence-electron chi connectivity index (χ4n) is 5.31. The van der Waals surface area contributed by atoms with Crippen molar-refractivity contribution in [1.29, 1.82) is 0 Å². The van der Waals surface area contributed by atoms with Gasteiger partial charge >= 0.3 is 6.01 Å². The molecule has 2 aliphatic rings. The number of aromatic nitrogens is 4. The zero-order chi connectivity index (χ0) is 29.3. The van der Waals surface area contributed by atoms with E-state index in [2.05, 4.69) is 43.3 Å². The van der Waals surface area contributed by atoms with Gasteiger partial charge in [0.1, 0.15) is 29.6 Å². The van der Waals surface area contributed by atoms with Gasteiger partial charge < -0.3 is 24.5 Å². The van der Waals surface area contributed by atoms with Crippen molar-refractivity contribution in [2.45, 2.75) is 44.2 Å². The molecule has 10 heteroatoms. The number of methoxy groups -OCH3 is 1. The van der Waals surface area contributed by atoms with E-state index in [1.165, 1.54) is 18.4 Å². The molecule has 0 unspecified atom stereocenters. The molecule has 43 heavy (non-hydrogen) atoms. The Morgan fingerprint density at radius 3 is 2.60 bits per heavy atom. The lowest BCUT2D eigenvalue weighted by atomic mass is 10.1. The smallest absolute Gasteiger partial charge is 0.320 e. The van der Waals surface area contributed by atoms with E-state index in [1.807, 2.05) is 54.7 Å². The van der Waals surface area contributed by atoms with E-state index >= 15 is 0 Å². The van der Waals surface area contributed by atoms with Crippen LogP contribution in [0.4, 0.5) is 11.6 Å². The molecular weight excluding hydrogens is 564 g/mol. The fraction of sp³-hybridized carbons (Fsp3) is 0.273. The number of anilines is 2. The second kappa shape index (κ2) is 11.6. The number of carbonyl (C=O) groups is 1. The molecule has 0 radical (unpaired) electrons. The molecule has 2 fully saturated rings. The Balaban J connectivity index is 1.07. The molecule has 2 N–H and O–H groups in total. The number of hydrogen-bond donors (Lipinski definition) is 2. The van der Waals surface area contributed by atoms with Gasteiger partial charge in [0.2, 0.25) is 5.91 Å². The van der Waals surface area contributed by atoms with Crippen molar-refractivity contribution in [3.05, 3.63) is 107 Å². The number of hydrogen-bond acceptors (Lipinski definition) is 7. The Bertz CT molecular complexity index is 1790. The normalized spacial score (nSPS) is 17.4. The molecule has 2 aliphatic carbocycles. The molecule has 0 aliphatic heterocycles. The van der Waals surface area contributed by atoms with Crippen LogP contribution in [-0.4, -0.2) is 32.4 Å². The molecule has 3 aromatic heterocycles. The van der Waals surface area contributed by atoms with E-state index in [4.69, 9.17) is 26.1 Å². The number of fused-ring (bicyclic) bond motifs is 1. The topological polar surface area (TPSA) is 103 Å². The zero-order valence-electron chi connectivity index (χ0n) is 23.7. The first-order chi connectivity index (χ1) is 21.0. The van der Waals surface area contributed by atoms with Crippen molar-refractivity contribution in [1.82, 2.24) is 19.4 Å². The lowest BCUT2D eigenvalue weighted by molar-refractivity contribution is -0.117. The van der Waals surface area contributed by atoms with Crippen LogP contribution in [0.1, 0.15) is 53.5 Å². The molecule has 218 valence electrons. The summed E-state index contributed by atoms with van der Waals surface area (Å²) in [5.74, 6) is 2.23. The van der Waals surface area contributed by atoms with Crippen LogP contribution in [0.5, 0.6) is 11.8 Å². The summed E-state index contributed by atoms with van der Waals surface area (Å²) in [6.45, 7) is 0.707. The minimum atomic E-state index is -0.146. The molecule has 1 amide bonds. The maximum absolute atomic E-state index is 13.2. The number of carbonyl (C=O) groups excluding carboxylic acids is 1. The largest absolute Gasteiger partial charge is 0.497 e. The number of amides is 1. The highest BCUT2D eigenvalue weighted by Gasteiger charge is 2.44. The predicted octanol–water partition coefficient (Wildman–Crippen LogP) is 6.60. The average molecular weight is 595 g/mol. The molecule has 7 rings (SSSR count). The zero-order valence-corrected chi connectivity index (χ0v) is 24.4. The van der Waals surface area contributed by atoms with Gasteiger partial charge in [0.25, 0.3) is 0 Å². The first kappa shape index (κ1) is 27.2. The van der Waals surface area contributed by atoms with Crippen molar-refractivity contribution in [3.8, 4) is 11.8 Å². The summed E-state index contributed by atoms with van der Waals surface area (Å²) in [6, 6.07) is 21.4. The summed E-state index contributed by atoms with van der Waals surface area (Å²) >= 11 is 6.17. The van der Waals surface area contributed by atoms with Gasteiger partial charge in [0.05, 0.1) is 19.3 Å². The number of rotatable bonds is 11. The standard InChI is InChI=1S/C33H31ClN6O3/c1-42-26-10-5-20(6-11-26)19-43-33-38-29(35-16-25-18-40-17-23(21-7-8-21)9-12-31(40)36-25)15-30(39-33)37-32(41)28-14-27(28)22-3-2-4-24(34)13-22/h2-6,9-13,15,17-18,21,27-28H,7-8,14,16,19H2,1H3,(H2,35,37,38,39,41)/t27-,28+/m1/s1. The van der Waals surface area contributed by atoms with Crippen LogP contribution in [0.3, 0.4) is 0 Å². The van der Waals surface area contributed by atoms with Crippen molar-refractivity contribution >= 4 is 34.8 Å². The summed E-state index contributed by atoms with van der Waals surface area (Å²) in [7, 11) is 1.63. The van der Waals surface area contributed by atoms with Crippen LogP contribution in [0.2, 0.25) is 5.02 Å². The van der Waals surface area contributed by atoms with E-state index < -0.39 is 0 Å². The van der Waals surface area contributed by atoms with Gasteiger partial charge in [-0.15, -0.1) is 0 Å². The molecule has 0 saturated heterocycles. The summed E-state index contributed by atoms with van der Waals surface area (Å²) in [6.07, 6.45) is 7.47. The van der Waals surface area contributed by atoms with Crippen molar-refractivity contribution in [2.75, 3.05) is 17.7 Å². The second-order valence-electron chi connectivity index (χ2n) is 11.1. The third kappa shape index (κ3) is 6.41. The molecule has 3 heterocycles. The molecule has 5 aromatic rings. The number of nitrogens with zero attached hydrogens (tertiary/aromatic N) is 4. The molecule has 9 nitrogen and oxygen atoms in total. The van der Waals surface area contributed by atoms with Crippen molar-refractivity contribution in [2.24, 2.45) is 5.92 Å². The number of halogens is 1. The minimum absolute atomic E-state index is 0.0949. The van der Waals surface area contributed by atoms with Crippen LogP contribution >= 0.6 is 11.6 Å². The molecule has 2 atom stereocenters. The highest BCUT2D eigenvalue weighted by Crippen LogP contribution is 2.48. The maximum Gasteiger partial charge on any atom is 0.320 e. The molecule has 0 bridgehead atoms. The Hall–Kier alpha value is -4.63. The number of pyridine rings is 1. The van der Waals surface area contributed by atoms with Crippen LogP contribution in [0, 0.1) is 5.92 Å². The fourth-order valence-corrected chi connectivity index (χ4v) is 5.51. The Kier molecular flexibility index (Phi) is 7.32. The van der Waals surface area contributed by atoms with E-state index in [1.54, 1.807) is 13.2 Å². The van der Waals surface area contributed by atoms with Gasteiger partial charge in [-0.1, -0.05) is 41.9 Å². The molecule has 2 saturated carbocycles. The highest BCUT2D eigenvalue weighted by atomic mass is 35.5. The Morgan fingerprint density at radius 1 is 0.977 bits per heavy atom. The number of ether oxygens (including phenoxy) is 2. The summed E-state index contributed by atoms with van der Waals surface area (Å²) in [4.78, 5) is 27.0. The molecule has 0 spiro atoms. The van der Waals surface area contributed by atoms with Crippen LogP contribution in [0.25, 0.3) is 5.65 Å². The average Bonchev–Trinajstić information content (AvgIpc) is 3.95. The third-order valence-corrected chi connectivity index (χ3v) is 8.15. The number of benzene rings is 2. The van der Waals surface area contributed by atoms with Crippen molar-refractivity contribution < 1.29 is 14.3 Å². The van der Waals surface area contributed by atoms with Crippen LogP contribution < -0.4 is 20.1 Å². The maximum atomic E-state index is 13.2. The van der Waals surface area contributed by atoms with Gasteiger partial charge in [0, 0.05) is 29.4 Å². The molecule has 2 aromatic carbocycles. The number of nitrogens with one attached hydrogen (secondary N) is 2.